The standard InChI is InChI=1S/C18H24N2O3/c1-10-9-13-5-3-4-6-14(13)15(10)19-18(23)16(11(2)21)20-17(22)12-7-8-12/h3-6,10-12,15-16,21H,7-9H2,1-2H3,(H,19,23)(H,20,22). The molecule has 2 aliphatic carbocycles. The molecule has 5 nitrogen and oxygen atoms in total. The van der Waals surface area contributed by atoms with Gasteiger partial charge in [-0.15, -0.1) is 0 Å². The van der Waals surface area contributed by atoms with Crippen molar-refractivity contribution in [1.82, 2.24) is 10.6 Å². The van der Waals surface area contributed by atoms with Crippen molar-refractivity contribution in [3.05, 3.63) is 35.4 Å². The maximum atomic E-state index is 12.6. The van der Waals surface area contributed by atoms with Crippen LogP contribution in [0.15, 0.2) is 24.3 Å². The Morgan fingerprint density at radius 3 is 2.61 bits per heavy atom. The molecular formula is C18H24N2O3. The smallest absolute Gasteiger partial charge is 0.245 e. The van der Waals surface area contributed by atoms with E-state index in [1.807, 2.05) is 18.2 Å². The van der Waals surface area contributed by atoms with Crippen molar-refractivity contribution in [2.45, 2.75) is 51.3 Å². The van der Waals surface area contributed by atoms with E-state index in [1.165, 1.54) is 12.5 Å². The lowest BCUT2D eigenvalue weighted by molar-refractivity contribution is -0.132. The third kappa shape index (κ3) is 3.39. The van der Waals surface area contributed by atoms with Gasteiger partial charge in [0.05, 0.1) is 12.1 Å². The predicted octanol–water partition coefficient (Wildman–Crippen LogP) is 1.31. The van der Waals surface area contributed by atoms with Gasteiger partial charge in [0.1, 0.15) is 6.04 Å². The molecule has 0 heterocycles. The zero-order valence-electron chi connectivity index (χ0n) is 13.6. The highest BCUT2D eigenvalue weighted by Crippen LogP contribution is 2.35. The topological polar surface area (TPSA) is 78.4 Å². The van der Waals surface area contributed by atoms with Gasteiger partial charge >= 0.3 is 0 Å². The summed E-state index contributed by atoms with van der Waals surface area (Å²) >= 11 is 0. The van der Waals surface area contributed by atoms with Crippen LogP contribution in [0.3, 0.4) is 0 Å². The molecule has 3 rings (SSSR count). The summed E-state index contributed by atoms with van der Waals surface area (Å²) in [7, 11) is 0. The molecule has 1 saturated carbocycles. The summed E-state index contributed by atoms with van der Waals surface area (Å²) < 4.78 is 0. The molecular weight excluding hydrogens is 292 g/mol. The van der Waals surface area contributed by atoms with E-state index in [4.69, 9.17) is 0 Å². The number of carbonyl (C=O) groups is 2. The van der Waals surface area contributed by atoms with Gasteiger partial charge in [-0.25, -0.2) is 0 Å². The second kappa shape index (κ2) is 6.32. The molecule has 4 unspecified atom stereocenters. The molecule has 0 radical (unpaired) electrons. The average molecular weight is 316 g/mol. The van der Waals surface area contributed by atoms with E-state index >= 15 is 0 Å². The number of aliphatic hydroxyl groups excluding tert-OH is 1. The fourth-order valence-electron chi connectivity index (χ4n) is 3.28. The summed E-state index contributed by atoms with van der Waals surface area (Å²) in [6, 6.07) is 7.12. The van der Waals surface area contributed by atoms with Gasteiger partial charge in [0.2, 0.25) is 11.8 Å². The van der Waals surface area contributed by atoms with Crippen LogP contribution in [-0.4, -0.2) is 29.1 Å². The zero-order valence-corrected chi connectivity index (χ0v) is 13.6. The molecule has 5 heteroatoms. The Morgan fingerprint density at radius 2 is 1.96 bits per heavy atom. The molecule has 23 heavy (non-hydrogen) atoms. The summed E-state index contributed by atoms with van der Waals surface area (Å²) in [5.74, 6) is -0.145. The van der Waals surface area contributed by atoms with Gasteiger partial charge < -0.3 is 15.7 Å². The molecule has 124 valence electrons. The van der Waals surface area contributed by atoms with Crippen molar-refractivity contribution in [1.29, 1.82) is 0 Å². The van der Waals surface area contributed by atoms with Gasteiger partial charge in [-0.1, -0.05) is 31.2 Å². The maximum Gasteiger partial charge on any atom is 0.245 e. The van der Waals surface area contributed by atoms with E-state index in [0.29, 0.717) is 5.92 Å². The molecule has 0 spiro atoms. The molecule has 1 fully saturated rings. The Morgan fingerprint density at radius 1 is 1.26 bits per heavy atom. The van der Waals surface area contributed by atoms with Gasteiger partial charge in [0.25, 0.3) is 0 Å². The largest absolute Gasteiger partial charge is 0.391 e. The molecule has 4 atom stereocenters. The maximum absolute atomic E-state index is 12.6. The lowest BCUT2D eigenvalue weighted by atomic mass is 10.0. The lowest BCUT2D eigenvalue weighted by Gasteiger charge is -2.25. The minimum Gasteiger partial charge on any atom is -0.391 e. The first kappa shape index (κ1) is 16.0. The Kier molecular flexibility index (Phi) is 4.39. The molecule has 1 aromatic rings. The van der Waals surface area contributed by atoms with Crippen LogP contribution in [0, 0.1) is 11.8 Å². The third-order valence-electron chi connectivity index (χ3n) is 4.81. The van der Waals surface area contributed by atoms with Crippen molar-refractivity contribution in [2.75, 3.05) is 0 Å². The van der Waals surface area contributed by atoms with E-state index in [1.54, 1.807) is 0 Å². The van der Waals surface area contributed by atoms with E-state index in [-0.39, 0.29) is 23.8 Å². The minimum absolute atomic E-state index is 0.00943. The number of rotatable bonds is 5. The number of benzene rings is 1. The number of amides is 2. The SMILES string of the molecule is CC(O)C(NC(=O)C1CC1)C(=O)NC1c2ccccc2CC1C. The quantitative estimate of drug-likeness (QED) is 0.766. The van der Waals surface area contributed by atoms with E-state index in [9.17, 15) is 14.7 Å². The second-order valence-electron chi connectivity index (χ2n) is 6.87. The second-order valence-corrected chi connectivity index (χ2v) is 6.87. The Balaban J connectivity index is 1.70. The average Bonchev–Trinajstić information content (AvgIpc) is 3.31. The fraction of sp³-hybridized carbons (Fsp3) is 0.556. The Labute approximate surface area is 136 Å². The molecule has 1 aromatic carbocycles. The molecule has 0 bridgehead atoms. The van der Waals surface area contributed by atoms with Gasteiger partial charge in [-0.2, -0.15) is 0 Å². The monoisotopic (exact) mass is 316 g/mol. The molecule has 2 amide bonds. The summed E-state index contributed by atoms with van der Waals surface area (Å²) in [4.78, 5) is 24.5. The summed E-state index contributed by atoms with van der Waals surface area (Å²) in [5, 5.41) is 15.6. The van der Waals surface area contributed by atoms with Crippen molar-refractivity contribution < 1.29 is 14.7 Å². The van der Waals surface area contributed by atoms with Crippen LogP contribution in [0.4, 0.5) is 0 Å². The van der Waals surface area contributed by atoms with Crippen molar-refractivity contribution in [3.8, 4) is 0 Å². The molecule has 2 aliphatic rings. The van der Waals surface area contributed by atoms with E-state index < -0.39 is 12.1 Å². The number of nitrogens with one attached hydrogen (secondary N) is 2. The van der Waals surface area contributed by atoms with Crippen LogP contribution in [0.1, 0.15) is 43.9 Å². The Hall–Kier alpha value is -1.88. The van der Waals surface area contributed by atoms with Crippen molar-refractivity contribution in [2.24, 2.45) is 11.8 Å². The van der Waals surface area contributed by atoms with E-state index in [2.05, 4.69) is 23.6 Å². The van der Waals surface area contributed by atoms with Crippen molar-refractivity contribution >= 4 is 11.8 Å². The van der Waals surface area contributed by atoms with Crippen LogP contribution in [0.2, 0.25) is 0 Å². The van der Waals surface area contributed by atoms with Crippen LogP contribution in [-0.2, 0) is 16.0 Å². The van der Waals surface area contributed by atoms with Crippen LogP contribution < -0.4 is 10.6 Å². The molecule has 3 N–H and O–H groups in total. The predicted molar refractivity (Wildman–Crippen MR) is 86.5 cm³/mol. The van der Waals surface area contributed by atoms with Crippen LogP contribution >= 0.6 is 0 Å². The highest BCUT2D eigenvalue weighted by Gasteiger charge is 2.36. The number of aliphatic hydroxyl groups is 1. The Bertz CT molecular complexity index is 610. The van der Waals surface area contributed by atoms with Crippen molar-refractivity contribution in [3.63, 3.8) is 0 Å². The first-order valence-corrected chi connectivity index (χ1v) is 8.34. The number of hydrogen-bond donors (Lipinski definition) is 3. The minimum atomic E-state index is -0.926. The fourth-order valence-corrected chi connectivity index (χ4v) is 3.28. The summed E-state index contributed by atoms with van der Waals surface area (Å²) in [6.07, 6.45) is 1.74. The molecule has 0 aromatic heterocycles. The number of carbonyl (C=O) groups excluding carboxylic acids is 2. The van der Waals surface area contributed by atoms with Gasteiger partial charge in [-0.3, -0.25) is 9.59 Å². The van der Waals surface area contributed by atoms with Crippen LogP contribution in [0.5, 0.6) is 0 Å². The zero-order chi connectivity index (χ0) is 16.6. The summed E-state index contributed by atoms with van der Waals surface area (Å²) in [6.45, 7) is 3.63. The third-order valence-corrected chi connectivity index (χ3v) is 4.81. The van der Waals surface area contributed by atoms with Crippen LogP contribution in [0.25, 0.3) is 0 Å². The first-order valence-electron chi connectivity index (χ1n) is 8.34. The normalized spacial score (nSPS) is 25.3. The highest BCUT2D eigenvalue weighted by molar-refractivity contribution is 5.90. The van der Waals surface area contributed by atoms with E-state index in [0.717, 1.165) is 24.8 Å². The lowest BCUT2D eigenvalue weighted by Crippen LogP contribution is -2.53. The summed E-state index contributed by atoms with van der Waals surface area (Å²) in [5.41, 5.74) is 2.38. The molecule has 0 saturated heterocycles. The number of fused-ring (bicyclic) bond motifs is 1. The molecule has 0 aliphatic heterocycles. The van der Waals surface area contributed by atoms with Gasteiger partial charge in [0, 0.05) is 5.92 Å². The number of hydrogen-bond acceptors (Lipinski definition) is 3. The highest BCUT2D eigenvalue weighted by atomic mass is 16.3. The van der Waals surface area contributed by atoms with Gasteiger partial charge in [-0.05, 0) is 43.2 Å². The van der Waals surface area contributed by atoms with Gasteiger partial charge in [0.15, 0.2) is 0 Å². The first-order chi connectivity index (χ1) is 11.0.